The van der Waals surface area contributed by atoms with Crippen molar-refractivity contribution in [3.05, 3.63) is 106 Å². The van der Waals surface area contributed by atoms with Crippen molar-refractivity contribution >= 4 is 39.5 Å². The summed E-state index contributed by atoms with van der Waals surface area (Å²) in [5.41, 5.74) is 11.5. The largest absolute Gasteiger partial charge is 0.677 e. The maximum Gasteiger partial charge on any atom is 0.318 e. The van der Waals surface area contributed by atoms with Crippen LogP contribution >= 0.6 is 27.5 Å². The minimum absolute atomic E-state index is 0. The minimum atomic E-state index is -0.602. The number of carbonyl (C=O) groups is 2. The molecule has 1 aliphatic heterocycles. The fourth-order valence-electron chi connectivity index (χ4n) is 8.14. The van der Waals surface area contributed by atoms with Crippen molar-refractivity contribution < 1.29 is 50.9 Å². The first kappa shape index (κ1) is 44.7. The summed E-state index contributed by atoms with van der Waals surface area (Å²) in [4.78, 5) is 47.7. The number of carbonyl (C=O) groups excluding carboxylic acids is 2. The molecule has 3 aromatic heterocycles. The van der Waals surface area contributed by atoms with Gasteiger partial charge in [-0.1, -0.05) is 50.3 Å². The van der Waals surface area contributed by atoms with Gasteiger partial charge in [0.15, 0.2) is 0 Å². The van der Waals surface area contributed by atoms with Crippen LogP contribution in [0.4, 0.5) is 4.79 Å². The summed E-state index contributed by atoms with van der Waals surface area (Å²) in [5.74, 6) is 0.0184. The van der Waals surface area contributed by atoms with Gasteiger partial charge < -0.3 is 30.0 Å². The molecule has 1 radical (unpaired) electrons. The van der Waals surface area contributed by atoms with Gasteiger partial charge in [-0.05, 0) is 89.3 Å². The molecule has 1 aromatic carbocycles. The molecule has 0 bridgehead atoms. The number of halogens is 2. The second-order valence-corrected chi connectivity index (χ2v) is 16.2. The molecule has 2 N–H and O–H groups in total. The van der Waals surface area contributed by atoms with E-state index < -0.39 is 6.04 Å². The molecule has 299 valence electrons. The Kier molecular flexibility index (Phi) is 18.1. The number of nitrogens with zero attached hydrogens (tertiary/aromatic N) is 8. The van der Waals surface area contributed by atoms with E-state index in [2.05, 4.69) is 61.2 Å². The number of hydrogen-bond acceptors (Lipinski definition) is 6. The molecular weight excluding hydrogens is 921 g/mol. The number of aromatic nitrogens is 5. The predicted molar refractivity (Wildman–Crippen MR) is 220 cm³/mol. The van der Waals surface area contributed by atoms with Crippen LogP contribution in [0.15, 0.2) is 72.4 Å². The molecule has 7 rings (SSSR count). The number of hydrogen-bond donors (Lipinski definition) is 1. The Morgan fingerprint density at radius 3 is 2.36 bits per heavy atom. The standard InChI is InChI=1S/C35H45BrClN7O2.C6H10N3.Pr/c1-2-14-42(16-6-15-41-17-13-38-24-41)34(45)31-23-43(18-19-44(31)35(46)40-29-7-4-3-5-8-29)33-30-12-11-28(37)21-25(30)9-10-26-20-27(36)22-39-32(26)33;7-2-1-4-9-5-3-8-6-9;/h11-13,17,20-22,24,29,31,33H,2-10,14-16,18-19,23H2,1H3,(H,40,46);3,5-7H,1-2,4H2;/q;-1;/t31-,33?;;/m1../s1. The van der Waals surface area contributed by atoms with E-state index in [1.165, 1.54) is 23.1 Å². The molecule has 0 spiro atoms. The molecule has 1 unspecified atom stereocenters. The number of fused-ring (bicyclic) bond motifs is 2. The number of nitrogens with one attached hydrogen (secondary N) is 2. The van der Waals surface area contributed by atoms with Gasteiger partial charge in [-0.3, -0.25) is 14.7 Å². The summed E-state index contributed by atoms with van der Waals surface area (Å²) in [6.45, 7) is 7.13. The van der Waals surface area contributed by atoms with Crippen LogP contribution in [0.25, 0.3) is 5.73 Å². The zero-order valence-corrected chi connectivity index (χ0v) is 38.6. The Morgan fingerprint density at radius 2 is 1.68 bits per heavy atom. The number of rotatable bonds is 12. The molecule has 3 aliphatic rings. The Morgan fingerprint density at radius 1 is 0.964 bits per heavy atom. The van der Waals surface area contributed by atoms with E-state index in [0.717, 1.165) is 86.1 Å². The van der Waals surface area contributed by atoms with Crippen LogP contribution in [0.5, 0.6) is 0 Å². The van der Waals surface area contributed by atoms with Crippen molar-refractivity contribution in [3.8, 4) is 0 Å². The molecule has 15 heteroatoms. The normalized spacial score (nSPS) is 18.4. The summed E-state index contributed by atoms with van der Waals surface area (Å²) in [7, 11) is 0. The summed E-state index contributed by atoms with van der Waals surface area (Å²) in [6.07, 6.45) is 22.6. The van der Waals surface area contributed by atoms with Crippen molar-refractivity contribution in [3.63, 3.8) is 0 Å². The SMILES string of the molecule is CCCN(CCCn1ccnc1)C(=O)[C@H]1CN(C2c3ccc(Cl)cc3CCc3cc(Br)cnc32)CCN1C(=O)NC1CCCCC1.[NH-]CCCn1ccnc1.[Pr]. The minimum Gasteiger partial charge on any atom is -0.677 e. The van der Waals surface area contributed by atoms with Gasteiger partial charge in [0.05, 0.1) is 24.4 Å². The first-order valence-corrected chi connectivity index (χ1v) is 21.1. The van der Waals surface area contributed by atoms with E-state index in [1.807, 2.05) is 49.9 Å². The Labute approximate surface area is 378 Å². The number of pyridine rings is 1. The molecule has 2 aliphatic carbocycles. The van der Waals surface area contributed by atoms with Crippen molar-refractivity contribution in [1.82, 2.24) is 44.1 Å². The summed E-state index contributed by atoms with van der Waals surface area (Å²) in [6, 6.07) is 7.64. The van der Waals surface area contributed by atoms with Gasteiger partial charge in [0.25, 0.3) is 0 Å². The molecule has 4 aromatic rings. The quantitative estimate of drug-likeness (QED) is 0.156. The van der Waals surface area contributed by atoms with Crippen LogP contribution in [-0.2, 0) is 30.7 Å². The molecule has 3 amide bonds. The third-order valence-corrected chi connectivity index (χ3v) is 11.6. The summed E-state index contributed by atoms with van der Waals surface area (Å²) >= 11 is 10.1. The second kappa shape index (κ2) is 22.7. The van der Waals surface area contributed by atoms with Crippen molar-refractivity contribution in [2.75, 3.05) is 39.3 Å². The van der Waals surface area contributed by atoms with E-state index in [-0.39, 0.29) is 65.3 Å². The topological polar surface area (TPSA) is 128 Å². The fraction of sp³-hybridized carbons (Fsp3) is 0.537. The molecule has 12 nitrogen and oxygen atoms in total. The molecular formula is C41H55BrClN10O2Pr-. The zero-order valence-electron chi connectivity index (χ0n) is 32.5. The van der Waals surface area contributed by atoms with E-state index in [4.69, 9.17) is 22.3 Å². The van der Waals surface area contributed by atoms with Crippen molar-refractivity contribution in [2.24, 2.45) is 0 Å². The fourth-order valence-corrected chi connectivity index (χ4v) is 8.71. The van der Waals surface area contributed by atoms with E-state index >= 15 is 0 Å². The monoisotopic (exact) mass is 974 g/mol. The van der Waals surface area contributed by atoms with Gasteiger partial charge in [0.2, 0.25) is 5.91 Å². The maximum atomic E-state index is 14.6. The van der Waals surface area contributed by atoms with Gasteiger partial charge in [-0.15, -0.1) is 6.54 Å². The van der Waals surface area contributed by atoms with Crippen LogP contribution < -0.4 is 5.32 Å². The molecule has 2 atom stereocenters. The van der Waals surface area contributed by atoms with Gasteiger partial charge in [0.1, 0.15) is 6.04 Å². The van der Waals surface area contributed by atoms with Gasteiger partial charge in [-0.25, -0.2) is 14.8 Å². The molecule has 1 saturated carbocycles. The first-order chi connectivity index (χ1) is 26.8. The number of imidazole rings is 2. The second-order valence-electron chi connectivity index (χ2n) is 14.8. The first-order valence-electron chi connectivity index (χ1n) is 19.9. The van der Waals surface area contributed by atoms with Crippen LogP contribution in [0.3, 0.4) is 0 Å². The van der Waals surface area contributed by atoms with E-state index in [0.29, 0.717) is 39.3 Å². The Balaban J connectivity index is 0.000000529. The number of piperazine rings is 1. The average Bonchev–Trinajstić information content (AvgIpc) is 3.90. The maximum absolute atomic E-state index is 14.6. The number of amides is 3. The predicted octanol–water partition coefficient (Wildman–Crippen LogP) is 7.56. The summed E-state index contributed by atoms with van der Waals surface area (Å²) in [5, 5.41) is 4.03. The Bertz CT molecular complexity index is 1750. The van der Waals surface area contributed by atoms with Crippen molar-refractivity contribution in [2.45, 2.75) is 102 Å². The average molecular weight is 976 g/mol. The molecule has 1 saturated heterocycles. The summed E-state index contributed by atoms with van der Waals surface area (Å²) < 4.78 is 4.98. The Hall–Kier alpha value is -2.42. The smallest absolute Gasteiger partial charge is 0.318 e. The number of urea groups is 1. The molecule has 4 heterocycles. The van der Waals surface area contributed by atoms with Gasteiger partial charge >= 0.3 is 6.03 Å². The zero-order chi connectivity index (χ0) is 38.6. The van der Waals surface area contributed by atoms with Crippen LogP contribution in [0, 0.1) is 41.3 Å². The third-order valence-electron chi connectivity index (χ3n) is 10.9. The molecule has 56 heavy (non-hydrogen) atoms. The van der Waals surface area contributed by atoms with Crippen LogP contribution in [0.2, 0.25) is 5.02 Å². The molecule has 2 fully saturated rings. The van der Waals surface area contributed by atoms with Gasteiger partial charge in [0, 0.05) is 134 Å². The number of aryl methyl sites for hydroxylation is 4. The van der Waals surface area contributed by atoms with Crippen LogP contribution in [0.1, 0.15) is 86.7 Å². The van der Waals surface area contributed by atoms with E-state index in [1.54, 1.807) is 18.7 Å². The third kappa shape index (κ3) is 12.1. The van der Waals surface area contributed by atoms with Crippen LogP contribution in [-0.4, -0.2) is 102 Å². The van der Waals surface area contributed by atoms with E-state index in [9.17, 15) is 9.59 Å². The van der Waals surface area contributed by atoms with Gasteiger partial charge in [-0.2, -0.15) is 0 Å². The number of benzene rings is 1. The van der Waals surface area contributed by atoms with Crippen molar-refractivity contribution in [1.29, 1.82) is 0 Å².